The molecule has 10 heteroatoms. The molecule has 1 aliphatic rings. The summed E-state index contributed by atoms with van der Waals surface area (Å²) in [6.45, 7) is 2.31. The molecule has 9 nitrogen and oxygen atoms in total. The molecule has 2 aromatic carbocycles. The molecule has 0 aliphatic carbocycles. The van der Waals surface area contributed by atoms with Crippen LogP contribution in [0.4, 0.5) is 17.5 Å². The molecule has 34 heavy (non-hydrogen) atoms. The van der Waals surface area contributed by atoms with Crippen molar-refractivity contribution < 1.29 is 14.3 Å². The Bertz CT molecular complexity index is 1280. The first-order valence-corrected chi connectivity index (χ1v) is 11.0. The largest absolute Gasteiger partial charge is 0.493 e. The van der Waals surface area contributed by atoms with Gasteiger partial charge in [0, 0.05) is 43.7 Å². The number of isothiocyanates is 1. The summed E-state index contributed by atoms with van der Waals surface area (Å²) in [4.78, 5) is 29.5. The Morgan fingerprint density at radius 2 is 1.76 bits per heavy atom. The zero-order valence-electron chi connectivity index (χ0n) is 18.9. The van der Waals surface area contributed by atoms with Gasteiger partial charge in [-0.3, -0.25) is 4.79 Å². The predicted molar refractivity (Wildman–Crippen MR) is 136 cm³/mol. The average molecular weight is 477 g/mol. The third-order valence-electron chi connectivity index (χ3n) is 5.58. The Labute approximate surface area is 202 Å². The highest BCUT2D eigenvalue weighted by Crippen LogP contribution is 2.34. The standard InChI is InChI=1S/C24H24N6O3S/c1-32-20-13-18-19(14-21(20)33-2)27-24(28-23(18)25)30-11-9-29(10-12-30)22(31)8-5-16-3-6-17(7-4-16)26-15-34/h3-8,13-14H,9-12H2,1-2H3,(H2,25,27,28)/b8-5+. The van der Waals surface area contributed by atoms with E-state index in [-0.39, 0.29) is 5.91 Å². The number of rotatable bonds is 6. The van der Waals surface area contributed by atoms with Gasteiger partial charge in [-0.05, 0) is 42.1 Å². The number of anilines is 2. The molecule has 2 heterocycles. The first kappa shape index (κ1) is 23.2. The van der Waals surface area contributed by atoms with Crippen molar-refractivity contribution in [3.63, 3.8) is 0 Å². The van der Waals surface area contributed by atoms with Crippen molar-refractivity contribution in [2.75, 3.05) is 51.0 Å². The first-order chi connectivity index (χ1) is 16.5. The summed E-state index contributed by atoms with van der Waals surface area (Å²) in [5, 5.41) is 3.03. The molecule has 0 saturated carbocycles. The summed E-state index contributed by atoms with van der Waals surface area (Å²) < 4.78 is 10.7. The second-order valence-corrected chi connectivity index (χ2v) is 7.76. The molecule has 0 spiro atoms. The van der Waals surface area contributed by atoms with Crippen LogP contribution in [0.15, 0.2) is 47.5 Å². The molecule has 1 fully saturated rings. The highest BCUT2D eigenvalue weighted by atomic mass is 32.1. The van der Waals surface area contributed by atoms with Gasteiger partial charge in [-0.2, -0.15) is 9.98 Å². The fourth-order valence-corrected chi connectivity index (χ4v) is 3.83. The minimum atomic E-state index is -0.0450. The number of methoxy groups -OCH3 is 2. The Morgan fingerprint density at radius 1 is 1.09 bits per heavy atom. The number of hydrogen-bond donors (Lipinski definition) is 1. The van der Waals surface area contributed by atoms with Gasteiger partial charge in [0.2, 0.25) is 11.9 Å². The van der Waals surface area contributed by atoms with Gasteiger partial charge in [0.1, 0.15) is 5.82 Å². The number of thiocarbonyl (C=S) groups is 1. The highest BCUT2D eigenvalue weighted by molar-refractivity contribution is 7.78. The molecule has 0 atom stereocenters. The summed E-state index contributed by atoms with van der Waals surface area (Å²) in [6, 6.07) is 11.0. The summed E-state index contributed by atoms with van der Waals surface area (Å²) in [5.41, 5.74) is 8.51. The number of carbonyl (C=O) groups excluding carboxylic acids is 1. The third kappa shape index (κ3) is 4.98. The van der Waals surface area contributed by atoms with Crippen molar-refractivity contribution in [2.24, 2.45) is 4.99 Å². The molecule has 174 valence electrons. The molecule has 0 unspecified atom stereocenters. The first-order valence-electron chi connectivity index (χ1n) is 10.6. The molecule has 0 bridgehead atoms. The minimum absolute atomic E-state index is 0.0450. The summed E-state index contributed by atoms with van der Waals surface area (Å²) in [6.07, 6.45) is 3.37. The molecule has 4 rings (SSSR count). The van der Waals surface area contributed by atoms with Gasteiger partial charge < -0.3 is 25.0 Å². The minimum Gasteiger partial charge on any atom is -0.493 e. The number of aromatic nitrogens is 2. The molecule has 1 aromatic heterocycles. The van der Waals surface area contributed by atoms with E-state index in [4.69, 9.17) is 15.2 Å². The third-order valence-corrected chi connectivity index (χ3v) is 5.67. The van der Waals surface area contributed by atoms with Crippen molar-refractivity contribution in [1.29, 1.82) is 0 Å². The number of nitrogens with two attached hydrogens (primary N) is 1. The lowest BCUT2D eigenvalue weighted by Crippen LogP contribution is -2.48. The number of carbonyl (C=O) groups is 1. The number of hydrogen-bond acceptors (Lipinski definition) is 9. The Balaban J connectivity index is 1.42. The molecule has 3 aromatic rings. The van der Waals surface area contributed by atoms with Crippen molar-refractivity contribution in [1.82, 2.24) is 14.9 Å². The lowest BCUT2D eigenvalue weighted by atomic mass is 10.2. The van der Waals surface area contributed by atoms with Gasteiger partial charge in [-0.25, -0.2) is 4.98 Å². The number of fused-ring (bicyclic) bond motifs is 1. The fourth-order valence-electron chi connectivity index (χ4n) is 3.72. The van der Waals surface area contributed by atoms with Gasteiger partial charge >= 0.3 is 0 Å². The van der Waals surface area contributed by atoms with E-state index in [1.807, 2.05) is 29.2 Å². The number of ether oxygens (including phenoxy) is 2. The Morgan fingerprint density at radius 3 is 2.41 bits per heavy atom. The lowest BCUT2D eigenvalue weighted by Gasteiger charge is -2.34. The molecule has 1 amide bonds. The van der Waals surface area contributed by atoms with Crippen LogP contribution in [-0.2, 0) is 4.79 Å². The second-order valence-electron chi connectivity index (χ2n) is 7.57. The monoisotopic (exact) mass is 476 g/mol. The van der Waals surface area contributed by atoms with Crippen molar-refractivity contribution in [3.8, 4) is 11.5 Å². The number of benzene rings is 2. The number of amides is 1. The SMILES string of the molecule is COc1cc2nc(N3CCN(C(=O)/C=C/c4ccc(N=C=S)cc4)CC3)nc(N)c2cc1OC. The molecule has 1 saturated heterocycles. The van der Waals surface area contributed by atoms with Crippen molar-refractivity contribution >= 4 is 57.7 Å². The van der Waals surface area contributed by atoms with E-state index in [1.165, 1.54) is 0 Å². The van der Waals surface area contributed by atoms with Crippen LogP contribution in [0.3, 0.4) is 0 Å². The quantitative estimate of drug-likeness (QED) is 0.328. The van der Waals surface area contributed by atoms with Gasteiger partial charge in [0.25, 0.3) is 0 Å². The van der Waals surface area contributed by atoms with E-state index in [9.17, 15) is 4.79 Å². The van der Waals surface area contributed by atoms with Crippen LogP contribution >= 0.6 is 12.2 Å². The van der Waals surface area contributed by atoms with Crippen LogP contribution in [0, 0.1) is 0 Å². The molecule has 0 radical (unpaired) electrons. The topological polar surface area (TPSA) is 106 Å². The zero-order valence-corrected chi connectivity index (χ0v) is 19.7. The summed E-state index contributed by atoms with van der Waals surface area (Å²) in [7, 11) is 3.14. The maximum atomic E-state index is 12.6. The van der Waals surface area contributed by atoms with Crippen LogP contribution in [0.25, 0.3) is 17.0 Å². The predicted octanol–water partition coefficient (Wildman–Crippen LogP) is 3.33. The van der Waals surface area contributed by atoms with Gasteiger partial charge in [-0.15, -0.1) is 0 Å². The van der Waals surface area contributed by atoms with E-state index < -0.39 is 0 Å². The average Bonchev–Trinajstić information content (AvgIpc) is 2.87. The van der Waals surface area contributed by atoms with E-state index >= 15 is 0 Å². The fraction of sp³-hybridized carbons (Fsp3) is 0.250. The van der Waals surface area contributed by atoms with E-state index in [0.717, 1.165) is 11.3 Å². The number of nitrogens with zero attached hydrogens (tertiary/aromatic N) is 5. The Hall–Kier alpha value is -4.01. The highest BCUT2D eigenvalue weighted by Gasteiger charge is 2.22. The van der Waals surface area contributed by atoms with Gasteiger partial charge in [0.05, 0.1) is 30.6 Å². The molecule has 2 N–H and O–H groups in total. The molecule has 1 aliphatic heterocycles. The van der Waals surface area contributed by atoms with Crippen LogP contribution in [0.1, 0.15) is 5.56 Å². The lowest BCUT2D eigenvalue weighted by molar-refractivity contribution is -0.126. The van der Waals surface area contributed by atoms with Crippen molar-refractivity contribution in [2.45, 2.75) is 0 Å². The number of aliphatic imine (C=N–C) groups is 1. The summed E-state index contributed by atoms with van der Waals surface area (Å²) >= 11 is 4.60. The Kier molecular flexibility index (Phi) is 7.01. The van der Waals surface area contributed by atoms with E-state index in [0.29, 0.717) is 60.3 Å². The van der Waals surface area contributed by atoms with Gasteiger partial charge in [-0.1, -0.05) is 12.1 Å². The van der Waals surface area contributed by atoms with Crippen molar-refractivity contribution in [3.05, 3.63) is 48.0 Å². The van der Waals surface area contributed by atoms with E-state index in [2.05, 4.69) is 32.3 Å². The number of piperazine rings is 1. The van der Waals surface area contributed by atoms with E-state index in [1.54, 1.807) is 43.4 Å². The second kappa shape index (κ2) is 10.3. The molecular weight excluding hydrogens is 452 g/mol. The van der Waals surface area contributed by atoms with Crippen LogP contribution in [0.5, 0.6) is 11.5 Å². The maximum Gasteiger partial charge on any atom is 0.246 e. The van der Waals surface area contributed by atoms with Crippen LogP contribution in [0.2, 0.25) is 0 Å². The van der Waals surface area contributed by atoms with Crippen LogP contribution in [-0.4, -0.2) is 66.3 Å². The summed E-state index contributed by atoms with van der Waals surface area (Å²) in [5.74, 6) is 1.99. The molecular formula is C24H24N6O3S. The number of nitrogen functional groups attached to an aromatic ring is 1. The van der Waals surface area contributed by atoms with Gasteiger partial charge in [0.15, 0.2) is 11.5 Å². The van der Waals surface area contributed by atoms with Crippen LogP contribution < -0.4 is 20.1 Å². The smallest absolute Gasteiger partial charge is 0.246 e. The normalized spacial score (nSPS) is 13.7. The zero-order chi connectivity index (χ0) is 24.1. The maximum absolute atomic E-state index is 12.6.